The number of aryl methyl sites for hydroxylation is 1. The number of hydrogen-bond acceptors (Lipinski definition) is 6. The Kier molecular flexibility index (Phi) is 6.50. The number of carbonyl (C=O) groups is 1. The van der Waals surface area contributed by atoms with Crippen molar-refractivity contribution in [3.8, 4) is 5.75 Å². The number of aromatic nitrogens is 1. The fourth-order valence-electron chi connectivity index (χ4n) is 3.81. The molecule has 2 aromatic carbocycles. The minimum atomic E-state index is -3.93. The van der Waals surface area contributed by atoms with E-state index in [1.807, 2.05) is 18.2 Å². The Labute approximate surface area is 193 Å². The third-order valence-electron chi connectivity index (χ3n) is 5.62. The second kappa shape index (κ2) is 9.50. The van der Waals surface area contributed by atoms with Crippen molar-refractivity contribution in [3.05, 3.63) is 78.0 Å². The molecule has 0 unspecified atom stereocenters. The molecule has 0 aliphatic carbocycles. The first-order valence-electron chi connectivity index (χ1n) is 10.6. The molecule has 2 heterocycles. The van der Waals surface area contributed by atoms with E-state index in [1.165, 1.54) is 13.2 Å². The van der Waals surface area contributed by atoms with Gasteiger partial charge < -0.3 is 14.5 Å². The number of nitrogens with one attached hydrogen (secondary N) is 1. The lowest BCUT2D eigenvalue weighted by atomic mass is 10.1. The molecule has 1 aliphatic rings. The summed E-state index contributed by atoms with van der Waals surface area (Å²) in [5, 5.41) is 0. The predicted octanol–water partition coefficient (Wildman–Crippen LogP) is 3.16. The average molecular weight is 467 g/mol. The molecule has 0 radical (unpaired) electrons. The quantitative estimate of drug-likeness (QED) is 0.600. The molecule has 1 aromatic heterocycles. The van der Waals surface area contributed by atoms with Gasteiger partial charge in [0.05, 0.1) is 17.7 Å². The Morgan fingerprint density at radius 3 is 2.42 bits per heavy atom. The topological polar surface area (TPSA) is 91.8 Å². The smallest absolute Gasteiger partial charge is 0.262 e. The summed E-state index contributed by atoms with van der Waals surface area (Å²) in [6, 6.07) is 17.3. The number of ether oxygens (including phenoxy) is 1. The van der Waals surface area contributed by atoms with Gasteiger partial charge in [-0.15, -0.1) is 0 Å². The van der Waals surface area contributed by atoms with Gasteiger partial charge in [-0.1, -0.05) is 24.3 Å². The van der Waals surface area contributed by atoms with Gasteiger partial charge in [0, 0.05) is 37.9 Å². The van der Waals surface area contributed by atoms with Gasteiger partial charge in [-0.05, 0) is 48.9 Å². The first kappa shape index (κ1) is 22.6. The fraction of sp³-hybridized carbons (Fsp3) is 0.250. The Hall–Kier alpha value is -3.59. The molecule has 3 aromatic rings. The van der Waals surface area contributed by atoms with Crippen molar-refractivity contribution >= 4 is 27.4 Å². The highest BCUT2D eigenvalue weighted by Crippen LogP contribution is 2.28. The molecule has 0 atom stereocenters. The zero-order valence-electron chi connectivity index (χ0n) is 18.6. The van der Waals surface area contributed by atoms with Gasteiger partial charge in [0.25, 0.3) is 15.9 Å². The maximum atomic E-state index is 13.1. The molecule has 0 bridgehead atoms. The van der Waals surface area contributed by atoms with Gasteiger partial charge in [0.1, 0.15) is 11.6 Å². The summed E-state index contributed by atoms with van der Waals surface area (Å²) in [6.45, 7) is 4.09. The van der Waals surface area contributed by atoms with Gasteiger partial charge in [-0.2, -0.15) is 0 Å². The van der Waals surface area contributed by atoms with Crippen molar-refractivity contribution in [3.63, 3.8) is 0 Å². The van der Waals surface area contributed by atoms with E-state index in [4.69, 9.17) is 4.74 Å². The summed E-state index contributed by atoms with van der Waals surface area (Å²) in [6.07, 6.45) is 1.75. The lowest BCUT2D eigenvalue weighted by Crippen LogP contribution is -2.49. The SMILES string of the molecule is COc1ccccc1NS(=O)(=O)c1cc(C(=O)N2CCN(c3ccccn3)CC2)ccc1C. The third-order valence-corrected chi connectivity index (χ3v) is 7.12. The van der Waals surface area contributed by atoms with E-state index in [1.54, 1.807) is 54.4 Å². The van der Waals surface area contributed by atoms with Crippen LogP contribution in [0.15, 0.2) is 71.8 Å². The van der Waals surface area contributed by atoms with Crippen molar-refractivity contribution in [2.75, 3.05) is 42.9 Å². The number of anilines is 2. The number of benzene rings is 2. The Balaban J connectivity index is 1.51. The summed E-state index contributed by atoms with van der Waals surface area (Å²) >= 11 is 0. The number of methoxy groups -OCH3 is 1. The van der Waals surface area contributed by atoms with Crippen LogP contribution < -0.4 is 14.4 Å². The highest BCUT2D eigenvalue weighted by atomic mass is 32.2. The van der Waals surface area contributed by atoms with Crippen LogP contribution in [-0.2, 0) is 10.0 Å². The van der Waals surface area contributed by atoms with Crippen molar-refractivity contribution in [1.82, 2.24) is 9.88 Å². The number of amides is 1. The van der Waals surface area contributed by atoms with E-state index < -0.39 is 10.0 Å². The van der Waals surface area contributed by atoms with Gasteiger partial charge in [-0.25, -0.2) is 13.4 Å². The Morgan fingerprint density at radius 1 is 1.00 bits per heavy atom. The molecule has 0 saturated carbocycles. The molecule has 1 N–H and O–H groups in total. The molecule has 1 aliphatic heterocycles. The van der Waals surface area contributed by atoms with Crippen LogP contribution in [0.5, 0.6) is 5.75 Å². The van der Waals surface area contributed by atoms with E-state index in [-0.39, 0.29) is 10.8 Å². The molecule has 1 fully saturated rings. The van der Waals surface area contributed by atoms with Crippen LogP contribution in [0.2, 0.25) is 0 Å². The lowest BCUT2D eigenvalue weighted by Gasteiger charge is -2.35. The predicted molar refractivity (Wildman–Crippen MR) is 127 cm³/mol. The second-order valence-electron chi connectivity index (χ2n) is 7.75. The van der Waals surface area contributed by atoms with E-state index in [2.05, 4.69) is 14.6 Å². The molecule has 4 rings (SSSR count). The number of nitrogens with zero attached hydrogens (tertiary/aromatic N) is 3. The number of carbonyl (C=O) groups excluding carboxylic acids is 1. The molecule has 9 heteroatoms. The monoisotopic (exact) mass is 466 g/mol. The molecular formula is C24H26N4O4S. The van der Waals surface area contributed by atoms with Gasteiger partial charge >= 0.3 is 0 Å². The molecule has 33 heavy (non-hydrogen) atoms. The molecule has 172 valence electrons. The summed E-state index contributed by atoms with van der Waals surface area (Å²) in [7, 11) is -2.45. The molecule has 1 saturated heterocycles. The summed E-state index contributed by atoms with van der Waals surface area (Å²) in [5.74, 6) is 1.11. The lowest BCUT2D eigenvalue weighted by molar-refractivity contribution is 0.0746. The number of piperazine rings is 1. The van der Waals surface area contributed by atoms with Crippen LogP contribution in [0.25, 0.3) is 0 Å². The van der Waals surface area contributed by atoms with E-state index >= 15 is 0 Å². The van der Waals surface area contributed by atoms with E-state index in [9.17, 15) is 13.2 Å². The second-order valence-corrected chi connectivity index (χ2v) is 9.40. The van der Waals surface area contributed by atoms with Crippen LogP contribution in [0.4, 0.5) is 11.5 Å². The number of para-hydroxylation sites is 2. The average Bonchev–Trinajstić information content (AvgIpc) is 2.84. The van der Waals surface area contributed by atoms with Crippen molar-refractivity contribution in [2.24, 2.45) is 0 Å². The summed E-state index contributed by atoms with van der Waals surface area (Å²) in [4.78, 5) is 21.5. The normalized spacial score (nSPS) is 14.1. The van der Waals surface area contributed by atoms with Gasteiger partial charge in [-0.3, -0.25) is 9.52 Å². The largest absolute Gasteiger partial charge is 0.495 e. The first-order chi connectivity index (χ1) is 15.9. The highest BCUT2D eigenvalue weighted by molar-refractivity contribution is 7.92. The Bertz CT molecular complexity index is 1240. The number of sulfonamides is 1. The zero-order chi connectivity index (χ0) is 23.4. The summed E-state index contributed by atoms with van der Waals surface area (Å²) < 4.78 is 34.1. The molecule has 8 nitrogen and oxygen atoms in total. The van der Waals surface area contributed by atoms with Crippen molar-refractivity contribution in [1.29, 1.82) is 0 Å². The molecule has 0 spiro atoms. The maximum absolute atomic E-state index is 13.1. The summed E-state index contributed by atoms with van der Waals surface area (Å²) in [5.41, 5.74) is 1.22. The molecule has 1 amide bonds. The fourth-order valence-corrected chi connectivity index (χ4v) is 5.16. The maximum Gasteiger partial charge on any atom is 0.262 e. The van der Waals surface area contributed by atoms with Crippen LogP contribution in [0.1, 0.15) is 15.9 Å². The van der Waals surface area contributed by atoms with E-state index in [0.717, 1.165) is 5.82 Å². The number of rotatable bonds is 6. The van der Waals surface area contributed by atoms with Gasteiger partial charge in [0.15, 0.2) is 0 Å². The molecular weight excluding hydrogens is 440 g/mol. The van der Waals surface area contributed by atoms with Crippen LogP contribution >= 0.6 is 0 Å². The highest BCUT2D eigenvalue weighted by Gasteiger charge is 2.25. The third kappa shape index (κ3) is 4.93. The Morgan fingerprint density at radius 2 is 1.73 bits per heavy atom. The minimum Gasteiger partial charge on any atom is -0.495 e. The zero-order valence-corrected chi connectivity index (χ0v) is 19.4. The van der Waals surface area contributed by atoms with Crippen LogP contribution in [-0.4, -0.2) is 57.5 Å². The van der Waals surface area contributed by atoms with Crippen LogP contribution in [0, 0.1) is 6.92 Å². The minimum absolute atomic E-state index is 0.0615. The number of hydrogen-bond donors (Lipinski definition) is 1. The number of pyridine rings is 1. The van der Waals surface area contributed by atoms with E-state index in [0.29, 0.717) is 48.7 Å². The van der Waals surface area contributed by atoms with Crippen molar-refractivity contribution < 1.29 is 17.9 Å². The first-order valence-corrected chi connectivity index (χ1v) is 12.1. The standard InChI is InChI=1S/C24H26N4O4S/c1-18-10-11-19(17-22(18)33(30,31)26-20-7-3-4-8-21(20)32-2)24(29)28-15-13-27(14-16-28)23-9-5-6-12-25-23/h3-12,17,26H,13-16H2,1-2H3. The van der Waals surface area contributed by atoms with Gasteiger partial charge in [0.2, 0.25) is 0 Å². The van der Waals surface area contributed by atoms with Crippen LogP contribution in [0.3, 0.4) is 0 Å². The van der Waals surface area contributed by atoms with Crippen molar-refractivity contribution in [2.45, 2.75) is 11.8 Å².